The summed E-state index contributed by atoms with van der Waals surface area (Å²) in [4.78, 5) is 34.2. The minimum atomic E-state index is -0.595. The van der Waals surface area contributed by atoms with Gasteiger partial charge in [0.2, 0.25) is 5.91 Å². The molecule has 2 rings (SSSR count). The van der Waals surface area contributed by atoms with Crippen molar-refractivity contribution in [2.45, 2.75) is 13.3 Å². The van der Waals surface area contributed by atoms with Gasteiger partial charge in [-0.15, -0.1) is 0 Å². The number of halogens is 1. The van der Waals surface area contributed by atoms with E-state index in [2.05, 4.69) is 15.8 Å². The lowest BCUT2D eigenvalue weighted by Crippen LogP contribution is -2.26. The third-order valence-corrected chi connectivity index (χ3v) is 3.96. The Morgan fingerprint density at radius 1 is 1.17 bits per heavy atom. The summed E-state index contributed by atoms with van der Waals surface area (Å²) in [6, 6.07) is 10.5. The van der Waals surface area contributed by atoms with Gasteiger partial charge in [0.05, 0.1) is 29.2 Å². The number of benzene rings is 2. The number of hydrazone groups is 1. The van der Waals surface area contributed by atoms with Crippen molar-refractivity contribution in [1.82, 2.24) is 5.43 Å². The van der Waals surface area contributed by atoms with Gasteiger partial charge >= 0.3 is 0 Å². The number of amides is 2. The van der Waals surface area contributed by atoms with Gasteiger partial charge in [0.1, 0.15) is 11.5 Å². The maximum Gasteiger partial charge on any atom is 0.277 e. The molecular weight excluding hydrogens is 416 g/mol. The molecule has 0 aromatic heterocycles. The number of ether oxygens (including phenoxy) is 2. The van der Waals surface area contributed by atoms with Crippen molar-refractivity contribution in [2.24, 2.45) is 5.10 Å². The molecular formula is C19H19ClN4O6. The van der Waals surface area contributed by atoms with E-state index in [0.29, 0.717) is 17.2 Å². The lowest BCUT2D eigenvalue weighted by molar-refractivity contribution is -0.384. The average Bonchev–Trinajstić information content (AvgIpc) is 2.72. The van der Waals surface area contributed by atoms with Crippen LogP contribution in [-0.2, 0) is 9.59 Å². The molecule has 0 aliphatic carbocycles. The van der Waals surface area contributed by atoms with Gasteiger partial charge in [-0.05, 0) is 25.1 Å². The van der Waals surface area contributed by atoms with E-state index in [1.165, 1.54) is 26.2 Å². The van der Waals surface area contributed by atoms with Crippen LogP contribution < -0.4 is 20.2 Å². The molecule has 0 saturated carbocycles. The first kappa shape index (κ1) is 22.6. The lowest BCUT2D eigenvalue weighted by atomic mass is 10.2. The highest BCUT2D eigenvalue weighted by Gasteiger charge is 2.13. The van der Waals surface area contributed by atoms with Crippen LogP contribution in [0.1, 0.15) is 13.3 Å². The molecule has 0 radical (unpaired) electrons. The number of nitrogens with one attached hydrogen (secondary N) is 2. The van der Waals surface area contributed by atoms with Gasteiger partial charge in [0, 0.05) is 23.9 Å². The van der Waals surface area contributed by atoms with E-state index in [1.807, 2.05) is 0 Å². The van der Waals surface area contributed by atoms with E-state index in [4.69, 9.17) is 21.1 Å². The number of methoxy groups -OCH3 is 1. The summed E-state index contributed by atoms with van der Waals surface area (Å²) in [5, 5.41) is 17.3. The SMILES string of the molecule is COc1cccc(OCC(=O)N/N=C(\C)CC(=O)Nc2cc([N+](=O)[O-])ccc2Cl)c1. The Balaban J connectivity index is 1.84. The number of rotatable bonds is 9. The van der Waals surface area contributed by atoms with Crippen molar-refractivity contribution in [1.29, 1.82) is 0 Å². The zero-order chi connectivity index (χ0) is 22.1. The molecule has 0 aliphatic rings. The van der Waals surface area contributed by atoms with Gasteiger partial charge in [-0.25, -0.2) is 5.43 Å². The second-order valence-corrected chi connectivity index (χ2v) is 6.40. The van der Waals surface area contributed by atoms with Crippen LogP contribution in [0.25, 0.3) is 0 Å². The van der Waals surface area contributed by atoms with Crippen LogP contribution >= 0.6 is 11.6 Å². The molecule has 30 heavy (non-hydrogen) atoms. The first-order chi connectivity index (χ1) is 14.3. The van der Waals surface area contributed by atoms with Crippen molar-refractivity contribution in [3.05, 3.63) is 57.6 Å². The molecule has 0 bridgehead atoms. The Hall–Kier alpha value is -3.66. The van der Waals surface area contributed by atoms with Crippen molar-refractivity contribution < 1.29 is 24.0 Å². The van der Waals surface area contributed by atoms with Crippen molar-refractivity contribution >= 4 is 40.5 Å². The normalized spacial score (nSPS) is 10.8. The zero-order valence-electron chi connectivity index (χ0n) is 16.2. The Kier molecular flexibility index (Phi) is 8.12. The number of nitrogens with zero attached hydrogens (tertiary/aromatic N) is 2. The zero-order valence-corrected chi connectivity index (χ0v) is 16.9. The number of hydrogen-bond acceptors (Lipinski definition) is 7. The molecule has 0 heterocycles. The Morgan fingerprint density at radius 2 is 1.90 bits per heavy atom. The van der Waals surface area contributed by atoms with E-state index in [9.17, 15) is 19.7 Å². The molecule has 0 spiro atoms. The fourth-order valence-corrected chi connectivity index (χ4v) is 2.38. The molecule has 2 aromatic carbocycles. The first-order valence-electron chi connectivity index (χ1n) is 8.61. The lowest BCUT2D eigenvalue weighted by Gasteiger charge is -2.08. The molecule has 158 valence electrons. The summed E-state index contributed by atoms with van der Waals surface area (Å²) < 4.78 is 10.4. The van der Waals surface area contributed by atoms with Crippen LogP contribution in [0.5, 0.6) is 11.5 Å². The van der Waals surface area contributed by atoms with Crippen LogP contribution in [0, 0.1) is 10.1 Å². The van der Waals surface area contributed by atoms with Crippen molar-refractivity contribution in [3.63, 3.8) is 0 Å². The summed E-state index contributed by atoms with van der Waals surface area (Å²) in [7, 11) is 1.52. The van der Waals surface area contributed by atoms with E-state index >= 15 is 0 Å². The van der Waals surface area contributed by atoms with E-state index in [1.54, 1.807) is 24.3 Å². The first-order valence-corrected chi connectivity index (χ1v) is 8.99. The summed E-state index contributed by atoms with van der Waals surface area (Å²) in [6.07, 6.45) is -0.157. The standard InChI is InChI=1S/C19H19ClN4O6/c1-12(8-18(25)21-17-9-13(24(27)28)6-7-16(17)20)22-23-19(26)11-30-15-5-3-4-14(10-15)29-2/h3-7,9-10H,8,11H2,1-2H3,(H,21,25)(H,23,26)/b22-12+. The number of nitro groups is 1. The highest BCUT2D eigenvalue weighted by molar-refractivity contribution is 6.33. The smallest absolute Gasteiger partial charge is 0.277 e. The fraction of sp³-hybridized carbons (Fsp3) is 0.211. The van der Waals surface area contributed by atoms with Crippen LogP contribution in [0.3, 0.4) is 0 Å². The van der Waals surface area contributed by atoms with Gasteiger partial charge in [-0.2, -0.15) is 5.10 Å². The van der Waals surface area contributed by atoms with Crippen LogP contribution in [0.15, 0.2) is 47.6 Å². The van der Waals surface area contributed by atoms with Gasteiger partial charge in [0.15, 0.2) is 6.61 Å². The number of non-ortho nitro benzene ring substituents is 1. The van der Waals surface area contributed by atoms with Crippen LogP contribution in [-0.4, -0.2) is 36.2 Å². The molecule has 0 aliphatic heterocycles. The number of carbonyl (C=O) groups excluding carboxylic acids is 2. The largest absolute Gasteiger partial charge is 0.497 e. The number of hydrogen-bond donors (Lipinski definition) is 2. The predicted molar refractivity (Wildman–Crippen MR) is 111 cm³/mol. The molecule has 2 N–H and O–H groups in total. The maximum atomic E-state index is 12.1. The quantitative estimate of drug-likeness (QED) is 0.354. The fourth-order valence-electron chi connectivity index (χ4n) is 2.22. The Bertz CT molecular complexity index is 979. The second-order valence-electron chi connectivity index (χ2n) is 6.00. The van der Waals surface area contributed by atoms with E-state index in [0.717, 1.165) is 6.07 Å². The van der Waals surface area contributed by atoms with E-state index in [-0.39, 0.29) is 29.4 Å². The molecule has 2 amide bonds. The predicted octanol–water partition coefficient (Wildman–Crippen LogP) is 3.16. The Labute approximate surface area is 177 Å². The summed E-state index contributed by atoms with van der Waals surface area (Å²) >= 11 is 5.94. The van der Waals surface area contributed by atoms with Gasteiger partial charge in [0.25, 0.3) is 11.6 Å². The maximum absolute atomic E-state index is 12.1. The molecule has 2 aromatic rings. The van der Waals surface area contributed by atoms with E-state index < -0.39 is 16.7 Å². The van der Waals surface area contributed by atoms with Crippen molar-refractivity contribution in [3.8, 4) is 11.5 Å². The van der Waals surface area contributed by atoms with Crippen LogP contribution in [0.4, 0.5) is 11.4 Å². The number of anilines is 1. The third kappa shape index (κ3) is 7.06. The second kappa shape index (κ2) is 10.8. The number of nitro benzene ring substituents is 1. The Morgan fingerprint density at radius 3 is 2.60 bits per heavy atom. The molecule has 0 saturated heterocycles. The van der Waals surface area contributed by atoms with Gasteiger partial charge < -0.3 is 14.8 Å². The molecule has 0 unspecified atom stereocenters. The highest BCUT2D eigenvalue weighted by atomic mass is 35.5. The monoisotopic (exact) mass is 434 g/mol. The third-order valence-electron chi connectivity index (χ3n) is 3.63. The number of carbonyl (C=O) groups is 2. The van der Waals surface area contributed by atoms with Gasteiger partial charge in [-0.1, -0.05) is 17.7 Å². The van der Waals surface area contributed by atoms with Crippen LogP contribution in [0.2, 0.25) is 5.02 Å². The van der Waals surface area contributed by atoms with Gasteiger partial charge in [-0.3, -0.25) is 19.7 Å². The molecule has 10 nitrogen and oxygen atoms in total. The summed E-state index contributed by atoms with van der Waals surface area (Å²) in [6.45, 7) is 1.26. The molecule has 11 heteroatoms. The molecule has 0 fully saturated rings. The minimum Gasteiger partial charge on any atom is -0.497 e. The summed E-state index contributed by atoms with van der Waals surface area (Å²) in [5.74, 6) is 0.0369. The minimum absolute atomic E-state index is 0.111. The highest BCUT2D eigenvalue weighted by Crippen LogP contribution is 2.26. The average molecular weight is 435 g/mol. The van der Waals surface area contributed by atoms with Crippen molar-refractivity contribution in [2.75, 3.05) is 19.0 Å². The molecule has 0 atom stereocenters. The summed E-state index contributed by atoms with van der Waals surface area (Å²) in [5.41, 5.74) is 2.50. The topological polar surface area (TPSA) is 132 Å².